The molecule has 0 aliphatic heterocycles. The second-order valence-electron chi connectivity index (χ2n) is 18.1. The Kier molecular flexibility index (Phi) is 8.62. The number of rotatable bonds is 6. The van der Waals surface area contributed by atoms with Gasteiger partial charge in [0.25, 0.3) is 0 Å². The number of hydrogen-bond donors (Lipinski definition) is 0. The molecule has 0 saturated heterocycles. The second kappa shape index (κ2) is 15.3. The molecule has 68 heavy (non-hydrogen) atoms. The van der Waals surface area contributed by atoms with Crippen LogP contribution in [-0.4, -0.2) is 9.13 Å². The Balaban J connectivity index is 0.822. The maximum atomic E-state index is 2.42. The summed E-state index contributed by atoms with van der Waals surface area (Å²) in [4.78, 5) is 0. The van der Waals surface area contributed by atoms with E-state index in [1.54, 1.807) is 0 Å². The predicted octanol–water partition coefficient (Wildman–Crippen LogP) is 18.0. The van der Waals surface area contributed by atoms with Crippen LogP contribution in [0.1, 0.15) is 0 Å². The Hall–Kier alpha value is -8.98. The van der Waals surface area contributed by atoms with E-state index >= 15 is 0 Å². The van der Waals surface area contributed by atoms with Gasteiger partial charge in [-0.3, -0.25) is 0 Å². The van der Waals surface area contributed by atoms with Crippen LogP contribution in [0.25, 0.3) is 132 Å². The van der Waals surface area contributed by atoms with Gasteiger partial charge in [0.15, 0.2) is 0 Å². The highest BCUT2D eigenvalue weighted by molar-refractivity contribution is 6.23. The van der Waals surface area contributed by atoms with Crippen LogP contribution in [0.2, 0.25) is 0 Å². The SMILES string of the molecule is c1ccc(-c2ccc(-c3ccc(-n4c5ccccc5c5cc(-c6ccc7c(c6)c6ccccc6n7-c6ccc(-c7cc8ccc9ccccc9c8c8ccccc78)cc6)ccc54)cc3)cc2)cc1. The third-order valence-corrected chi connectivity index (χ3v) is 14.3. The minimum atomic E-state index is 1.15. The van der Waals surface area contributed by atoms with Gasteiger partial charge in [-0.1, -0.05) is 188 Å². The van der Waals surface area contributed by atoms with E-state index in [1.807, 2.05) is 0 Å². The van der Waals surface area contributed by atoms with Gasteiger partial charge in [0.05, 0.1) is 22.1 Å². The molecule has 2 heteroatoms. The van der Waals surface area contributed by atoms with Crippen LogP contribution in [-0.2, 0) is 0 Å². The third-order valence-electron chi connectivity index (χ3n) is 14.3. The fourth-order valence-corrected chi connectivity index (χ4v) is 11.1. The molecular weight excluding hydrogens is 821 g/mol. The first-order chi connectivity index (χ1) is 33.7. The van der Waals surface area contributed by atoms with Gasteiger partial charge in [0.1, 0.15) is 0 Å². The fraction of sp³-hybridized carbons (Fsp3) is 0. The molecule has 316 valence electrons. The van der Waals surface area contributed by atoms with Crippen LogP contribution in [0.4, 0.5) is 0 Å². The molecule has 2 heterocycles. The van der Waals surface area contributed by atoms with Crippen molar-refractivity contribution < 1.29 is 0 Å². The van der Waals surface area contributed by atoms with E-state index in [-0.39, 0.29) is 0 Å². The standard InChI is InChI=1S/C66H42N2/c1-2-12-43(13-3-1)44-22-24-45(25-23-44)46-28-34-52(35-29-46)67-62-20-10-8-17-56(62)60-40-49(32-38-64(60)67)50-33-39-65-61(41-50)57-18-9-11-21-63(57)68(65)53-36-30-48(31-37-53)59-42-51-27-26-47-14-4-5-15-54(47)66(51)58-19-7-6-16-55(58)59/h1-42H. The minimum absolute atomic E-state index is 1.15. The number of nitrogens with zero attached hydrogens (tertiary/aromatic N) is 2. The van der Waals surface area contributed by atoms with Crippen LogP contribution in [0, 0.1) is 0 Å². The average molecular weight is 863 g/mol. The molecule has 0 atom stereocenters. The van der Waals surface area contributed by atoms with Gasteiger partial charge in [-0.2, -0.15) is 0 Å². The number of fused-ring (bicyclic) bond motifs is 11. The number of hydrogen-bond acceptors (Lipinski definition) is 0. The van der Waals surface area contributed by atoms with Crippen molar-refractivity contribution in [3.63, 3.8) is 0 Å². The second-order valence-corrected chi connectivity index (χ2v) is 18.1. The first-order valence-electron chi connectivity index (χ1n) is 23.5. The summed E-state index contributed by atoms with van der Waals surface area (Å²) in [5.41, 5.74) is 16.8. The van der Waals surface area contributed by atoms with Crippen molar-refractivity contribution in [2.75, 3.05) is 0 Å². The highest BCUT2D eigenvalue weighted by Crippen LogP contribution is 2.41. The van der Waals surface area contributed by atoms with Crippen LogP contribution in [0.5, 0.6) is 0 Å². The van der Waals surface area contributed by atoms with Crippen molar-refractivity contribution in [3.05, 3.63) is 255 Å². The van der Waals surface area contributed by atoms with Gasteiger partial charge >= 0.3 is 0 Å². The first-order valence-corrected chi connectivity index (χ1v) is 23.5. The van der Waals surface area contributed by atoms with Crippen LogP contribution in [0.15, 0.2) is 255 Å². The molecule has 0 radical (unpaired) electrons. The quantitative estimate of drug-likeness (QED) is 0.147. The van der Waals surface area contributed by atoms with Crippen molar-refractivity contribution in [2.24, 2.45) is 0 Å². The molecule has 14 rings (SSSR count). The lowest BCUT2D eigenvalue weighted by molar-refractivity contribution is 1.18. The first kappa shape index (κ1) is 38.3. The fourth-order valence-electron chi connectivity index (χ4n) is 11.1. The predicted molar refractivity (Wildman–Crippen MR) is 289 cm³/mol. The molecule has 0 fully saturated rings. The molecule has 12 aromatic carbocycles. The third kappa shape index (κ3) is 6.05. The molecule has 14 aromatic rings. The summed E-state index contributed by atoms with van der Waals surface area (Å²) < 4.78 is 4.83. The van der Waals surface area contributed by atoms with Crippen molar-refractivity contribution >= 4 is 75.9 Å². The lowest BCUT2D eigenvalue weighted by atomic mass is 9.91. The zero-order chi connectivity index (χ0) is 44.7. The van der Waals surface area contributed by atoms with E-state index in [9.17, 15) is 0 Å². The van der Waals surface area contributed by atoms with Crippen LogP contribution in [0.3, 0.4) is 0 Å². The molecule has 0 spiro atoms. The summed E-state index contributed by atoms with van der Waals surface area (Å²) in [7, 11) is 0. The molecular formula is C66H42N2. The summed E-state index contributed by atoms with van der Waals surface area (Å²) in [6.07, 6.45) is 0. The summed E-state index contributed by atoms with van der Waals surface area (Å²) >= 11 is 0. The van der Waals surface area contributed by atoms with E-state index in [1.165, 1.54) is 120 Å². The Morgan fingerprint density at radius 3 is 1.18 bits per heavy atom. The highest BCUT2D eigenvalue weighted by atomic mass is 15.0. The molecule has 0 saturated carbocycles. The van der Waals surface area contributed by atoms with E-state index in [0.29, 0.717) is 0 Å². The molecule has 0 amide bonds. The minimum Gasteiger partial charge on any atom is -0.309 e. The Morgan fingerprint density at radius 1 is 0.206 bits per heavy atom. The zero-order valence-electron chi connectivity index (χ0n) is 37.1. The maximum absolute atomic E-state index is 2.42. The topological polar surface area (TPSA) is 9.86 Å². The lowest BCUT2D eigenvalue weighted by Crippen LogP contribution is -1.94. The molecule has 0 unspecified atom stereocenters. The summed E-state index contributed by atoms with van der Waals surface area (Å²) in [6.45, 7) is 0. The van der Waals surface area contributed by atoms with E-state index in [4.69, 9.17) is 0 Å². The smallest absolute Gasteiger partial charge is 0.0541 e. The molecule has 0 aliphatic carbocycles. The lowest BCUT2D eigenvalue weighted by Gasteiger charge is -2.14. The number of benzene rings is 12. The van der Waals surface area contributed by atoms with E-state index in [0.717, 1.165) is 11.4 Å². The molecule has 0 aliphatic rings. The normalized spacial score (nSPS) is 11.8. The van der Waals surface area contributed by atoms with Gasteiger partial charge in [-0.25, -0.2) is 0 Å². The van der Waals surface area contributed by atoms with E-state index in [2.05, 4.69) is 264 Å². The van der Waals surface area contributed by atoms with Crippen molar-refractivity contribution in [3.8, 4) is 55.9 Å². The van der Waals surface area contributed by atoms with Crippen molar-refractivity contribution in [1.82, 2.24) is 9.13 Å². The van der Waals surface area contributed by atoms with Gasteiger partial charge in [0, 0.05) is 32.9 Å². The maximum Gasteiger partial charge on any atom is 0.0541 e. The summed E-state index contributed by atoms with van der Waals surface area (Å²) in [5, 5.41) is 12.7. The van der Waals surface area contributed by atoms with Gasteiger partial charge in [-0.15, -0.1) is 0 Å². The van der Waals surface area contributed by atoms with Crippen LogP contribution >= 0.6 is 0 Å². The van der Waals surface area contributed by atoms with Gasteiger partial charge in [-0.05, 0) is 144 Å². The number of aromatic nitrogens is 2. The Labute approximate surface area is 393 Å². The zero-order valence-corrected chi connectivity index (χ0v) is 37.1. The highest BCUT2D eigenvalue weighted by Gasteiger charge is 2.18. The summed E-state index contributed by atoms with van der Waals surface area (Å²) in [6, 6.07) is 93.7. The van der Waals surface area contributed by atoms with Crippen molar-refractivity contribution in [2.45, 2.75) is 0 Å². The number of para-hydroxylation sites is 2. The summed E-state index contributed by atoms with van der Waals surface area (Å²) in [5.74, 6) is 0. The van der Waals surface area contributed by atoms with Gasteiger partial charge < -0.3 is 9.13 Å². The van der Waals surface area contributed by atoms with Gasteiger partial charge in [0.2, 0.25) is 0 Å². The molecule has 0 bridgehead atoms. The average Bonchev–Trinajstić information content (AvgIpc) is 3.93. The van der Waals surface area contributed by atoms with Crippen molar-refractivity contribution in [1.29, 1.82) is 0 Å². The molecule has 2 nitrogen and oxygen atoms in total. The largest absolute Gasteiger partial charge is 0.309 e. The monoisotopic (exact) mass is 862 g/mol. The van der Waals surface area contributed by atoms with E-state index < -0.39 is 0 Å². The molecule has 0 N–H and O–H groups in total. The van der Waals surface area contributed by atoms with Crippen LogP contribution < -0.4 is 0 Å². The molecule has 2 aromatic heterocycles. The Morgan fingerprint density at radius 2 is 0.603 bits per heavy atom. The Bertz CT molecular complexity index is 4270.